The van der Waals surface area contributed by atoms with Crippen LogP contribution in [0.15, 0.2) is 45.9 Å². The third-order valence-electron chi connectivity index (χ3n) is 4.37. The molecule has 26 heavy (non-hydrogen) atoms. The molecule has 0 saturated heterocycles. The summed E-state index contributed by atoms with van der Waals surface area (Å²) in [5.41, 5.74) is 2.85. The van der Waals surface area contributed by atoms with E-state index in [9.17, 15) is 9.18 Å². The SMILES string of the molecule is CCC1=C(C(=O)OC)[C@H](c2ccc(F)cc2Cl)N=C(c2nccs2)CC1. The first-order chi connectivity index (χ1) is 12.5. The monoisotopic (exact) mass is 392 g/mol. The number of carbonyl (C=O) groups is 1. The van der Waals surface area contributed by atoms with Crippen molar-refractivity contribution in [2.45, 2.75) is 32.2 Å². The molecule has 1 atom stereocenters. The average Bonchev–Trinajstić information content (AvgIpc) is 3.09. The van der Waals surface area contributed by atoms with Crippen molar-refractivity contribution in [1.82, 2.24) is 4.98 Å². The van der Waals surface area contributed by atoms with Crippen LogP contribution in [-0.4, -0.2) is 23.8 Å². The highest BCUT2D eigenvalue weighted by Gasteiger charge is 2.31. The largest absolute Gasteiger partial charge is 0.466 e. The first kappa shape index (κ1) is 18.7. The van der Waals surface area contributed by atoms with E-state index in [1.165, 1.54) is 30.6 Å². The Morgan fingerprint density at radius 2 is 2.23 bits per heavy atom. The van der Waals surface area contributed by atoms with E-state index in [0.717, 1.165) is 16.3 Å². The Morgan fingerprint density at radius 1 is 1.42 bits per heavy atom. The standard InChI is InChI=1S/C19H18ClFN2O2S/c1-3-11-4-7-15(18-22-8-9-26-18)23-17(16(11)19(24)25-2)13-6-5-12(21)10-14(13)20/h5-6,8-10,17H,3-4,7H2,1-2H3/t17-/m0/s1. The van der Waals surface area contributed by atoms with Gasteiger partial charge in [-0.15, -0.1) is 11.3 Å². The topological polar surface area (TPSA) is 51.5 Å². The van der Waals surface area contributed by atoms with Crippen LogP contribution in [0.4, 0.5) is 4.39 Å². The number of halogens is 2. The molecule has 1 aromatic heterocycles. The summed E-state index contributed by atoms with van der Waals surface area (Å²) in [6.45, 7) is 2.00. The molecular formula is C19H18ClFN2O2S. The van der Waals surface area contributed by atoms with Crippen LogP contribution < -0.4 is 0 Å². The van der Waals surface area contributed by atoms with Gasteiger partial charge in [-0.25, -0.2) is 14.2 Å². The Bertz CT molecular complexity index is 878. The van der Waals surface area contributed by atoms with Crippen LogP contribution in [0.3, 0.4) is 0 Å². The molecule has 0 aliphatic carbocycles. The highest BCUT2D eigenvalue weighted by atomic mass is 35.5. The van der Waals surface area contributed by atoms with Crippen molar-refractivity contribution >= 4 is 34.6 Å². The second-order valence-corrected chi connectivity index (χ2v) is 7.15. The van der Waals surface area contributed by atoms with E-state index in [0.29, 0.717) is 30.4 Å². The number of allylic oxidation sites excluding steroid dienone is 1. The van der Waals surface area contributed by atoms with Crippen molar-refractivity contribution in [1.29, 1.82) is 0 Å². The van der Waals surface area contributed by atoms with Gasteiger partial charge in [0.2, 0.25) is 0 Å². The second kappa shape index (κ2) is 8.10. The van der Waals surface area contributed by atoms with Gasteiger partial charge in [0, 0.05) is 22.2 Å². The van der Waals surface area contributed by atoms with E-state index < -0.39 is 17.8 Å². The molecule has 1 aromatic carbocycles. The maximum Gasteiger partial charge on any atom is 0.336 e. The molecule has 7 heteroatoms. The lowest BCUT2D eigenvalue weighted by molar-refractivity contribution is -0.136. The molecule has 1 aliphatic rings. The van der Waals surface area contributed by atoms with Gasteiger partial charge in [0.1, 0.15) is 16.9 Å². The number of ether oxygens (including phenoxy) is 1. The zero-order valence-corrected chi connectivity index (χ0v) is 16.0. The van der Waals surface area contributed by atoms with Crippen LogP contribution in [0, 0.1) is 5.82 Å². The van der Waals surface area contributed by atoms with Crippen molar-refractivity contribution in [2.75, 3.05) is 7.11 Å². The molecule has 0 bridgehead atoms. The van der Waals surface area contributed by atoms with E-state index in [1.807, 2.05) is 12.3 Å². The number of methoxy groups -OCH3 is 1. The zero-order valence-electron chi connectivity index (χ0n) is 14.5. The minimum atomic E-state index is -0.646. The number of rotatable bonds is 4. The normalized spacial score (nSPS) is 17.7. The fourth-order valence-electron chi connectivity index (χ4n) is 3.09. The summed E-state index contributed by atoms with van der Waals surface area (Å²) in [6, 6.07) is 3.49. The van der Waals surface area contributed by atoms with E-state index in [1.54, 1.807) is 12.3 Å². The van der Waals surface area contributed by atoms with Gasteiger partial charge in [0.05, 0.1) is 18.4 Å². The summed E-state index contributed by atoms with van der Waals surface area (Å²) in [6.07, 6.45) is 3.78. The number of benzene rings is 1. The van der Waals surface area contributed by atoms with Crippen molar-refractivity contribution < 1.29 is 13.9 Å². The van der Waals surface area contributed by atoms with Crippen LogP contribution >= 0.6 is 22.9 Å². The van der Waals surface area contributed by atoms with Crippen molar-refractivity contribution in [3.8, 4) is 0 Å². The highest BCUT2D eigenvalue weighted by Crippen LogP contribution is 2.39. The molecule has 3 rings (SSSR count). The molecule has 0 unspecified atom stereocenters. The van der Waals surface area contributed by atoms with Gasteiger partial charge in [-0.05, 0) is 31.4 Å². The van der Waals surface area contributed by atoms with Gasteiger partial charge in [0.25, 0.3) is 0 Å². The molecule has 1 aliphatic heterocycles. The van der Waals surface area contributed by atoms with Crippen LogP contribution in [-0.2, 0) is 9.53 Å². The molecule has 0 N–H and O–H groups in total. The molecule has 2 heterocycles. The molecule has 0 saturated carbocycles. The lowest BCUT2D eigenvalue weighted by atomic mass is 9.92. The third-order valence-corrected chi connectivity index (χ3v) is 5.52. The van der Waals surface area contributed by atoms with E-state index in [4.69, 9.17) is 21.3 Å². The van der Waals surface area contributed by atoms with E-state index >= 15 is 0 Å². The van der Waals surface area contributed by atoms with Gasteiger partial charge in [-0.3, -0.25) is 4.99 Å². The summed E-state index contributed by atoms with van der Waals surface area (Å²) in [5, 5.41) is 2.93. The minimum Gasteiger partial charge on any atom is -0.466 e. The predicted octanol–water partition coefficient (Wildman–Crippen LogP) is 5.14. The van der Waals surface area contributed by atoms with Crippen molar-refractivity contribution in [2.24, 2.45) is 4.99 Å². The molecule has 0 radical (unpaired) electrons. The van der Waals surface area contributed by atoms with Gasteiger partial charge in [-0.1, -0.05) is 30.2 Å². The number of esters is 1. The number of carbonyl (C=O) groups excluding carboxylic acids is 1. The smallest absolute Gasteiger partial charge is 0.336 e. The van der Waals surface area contributed by atoms with E-state index in [-0.39, 0.29) is 5.02 Å². The first-order valence-corrected chi connectivity index (χ1v) is 9.52. The maximum absolute atomic E-state index is 13.5. The minimum absolute atomic E-state index is 0.232. The summed E-state index contributed by atoms with van der Waals surface area (Å²) in [5.74, 6) is -0.868. The van der Waals surface area contributed by atoms with Gasteiger partial charge < -0.3 is 4.74 Å². The summed E-state index contributed by atoms with van der Waals surface area (Å²) in [4.78, 5) is 21.7. The first-order valence-electron chi connectivity index (χ1n) is 8.26. The fraction of sp³-hybridized carbons (Fsp3) is 0.316. The fourth-order valence-corrected chi connectivity index (χ4v) is 4.03. The molecule has 136 valence electrons. The summed E-state index contributed by atoms with van der Waals surface area (Å²) >= 11 is 7.79. The third kappa shape index (κ3) is 3.71. The number of thiazole rings is 1. The second-order valence-electron chi connectivity index (χ2n) is 5.84. The van der Waals surface area contributed by atoms with Gasteiger partial charge in [0.15, 0.2) is 0 Å². The van der Waals surface area contributed by atoms with Crippen molar-refractivity contribution in [3.05, 3.63) is 62.3 Å². The number of aliphatic imine (C=N–C) groups is 1. The van der Waals surface area contributed by atoms with Gasteiger partial charge >= 0.3 is 5.97 Å². The maximum atomic E-state index is 13.5. The molecule has 0 fully saturated rings. The molecule has 2 aromatic rings. The molecule has 0 spiro atoms. The Balaban J connectivity index is 2.20. The molecular weight excluding hydrogens is 375 g/mol. The predicted molar refractivity (Wildman–Crippen MR) is 101 cm³/mol. The van der Waals surface area contributed by atoms with E-state index in [2.05, 4.69) is 4.98 Å². The Kier molecular flexibility index (Phi) is 5.84. The lowest BCUT2D eigenvalue weighted by Crippen LogP contribution is -2.15. The van der Waals surface area contributed by atoms with Gasteiger partial charge in [-0.2, -0.15) is 0 Å². The number of hydrogen-bond acceptors (Lipinski definition) is 5. The summed E-state index contributed by atoms with van der Waals surface area (Å²) < 4.78 is 18.5. The number of hydrogen-bond donors (Lipinski definition) is 0. The van der Waals surface area contributed by atoms with Crippen LogP contribution in [0.25, 0.3) is 0 Å². The van der Waals surface area contributed by atoms with Crippen LogP contribution in [0.1, 0.15) is 42.8 Å². The highest BCUT2D eigenvalue weighted by molar-refractivity contribution is 7.11. The Morgan fingerprint density at radius 3 is 2.85 bits per heavy atom. The molecule has 0 amide bonds. The van der Waals surface area contributed by atoms with Crippen LogP contribution in [0.2, 0.25) is 5.02 Å². The Labute approximate surface area is 160 Å². The zero-order chi connectivity index (χ0) is 18.7. The number of aromatic nitrogens is 1. The number of nitrogens with zero attached hydrogens (tertiary/aromatic N) is 2. The van der Waals surface area contributed by atoms with Crippen LogP contribution in [0.5, 0.6) is 0 Å². The average molecular weight is 393 g/mol. The van der Waals surface area contributed by atoms with Crippen molar-refractivity contribution in [3.63, 3.8) is 0 Å². The summed E-state index contributed by atoms with van der Waals surface area (Å²) in [7, 11) is 1.35. The Hall–Kier alpha value is -2.05. The lowest BCUT2D eigenvalue weighted by Gasteiger charge is -2.19. The molecule has 4 nitrogen and oxygen atoms in total. The quantitative estimate of drug-likeness (QED) is 0.677.